The Morgan fingerprint density at radius 3 is 2.69 bits per heavy atom. The highest BCUT2D eigenvalue weighted by Gasteiger charge is 2.06. The van der Waals surface area contributed by atoms with Crippen LogP contribution in [0, 0.1) is 6.92 Å². The lowest BCUT2D eigenvalue weighted by Gasteiger charge is -2.04. The summed E-state index contributed by atoms with van der Waals surface area (Å²) in [5.41, 5.74) is 4.47. The molecule has 0 fully saturated rings. The van der Waals surface area contributed by atoms with Crippen LogP contribution in [-0.4, -0.2) is 9.97 Å². The van der Waals surface area contributed by atoms with Crippen molar-refractivity contribution in [2.75, 3.05) is 0 Å². The monoisotopic (exact) mass is 208 g/mol. The zero-order valence-electron chi connectivity index (χ0n) is 9.07. The minimum absolute atomic E-state index is 0.957. The highest BCUT2D eigenvalue weighted by atomic mass is 14.8. The van der Waals surface area contributed by atoms with Crippen molar-refractivity contribution in [2.24, 2.45) is 0 Å². The second-order valence-corrected chi connectivity index (χ2v) is 3.92. The number of aryl methyl sites for hydroxylation is 1. The first kappa shape index (κ1) is 9.16. The molecule has 1 N–H and O–H groups in total. The molecular weight excluding hydrogens is 196 g/mol. The predicted octanol–water partition coefficient (Wildman–Crippen LogP) is 3.54. The second kappa shape index (κ2) is 3.49. The quantitative estimate of drug-likeness (QED) is 0.651. The molecule has 0 saturated carbocycles. The van der Waals surface area contributed by atoms with Crippen molar-refractivity contribution in [3.8, 4) is 11.1 Å². The molecule has 2 heteroatoms. The lowest BCUT2D eigenvalue weighted by Crippen LogP contribution is -1.86. The van der Waals surface area contributed by atoms with Crippen molar-refractivity contribution < 1.29 is 0 Å². The molecule has 2 aromatic heterocycles. The van der Waals surface area contributed by atoms with Crippen LogP contribution >= 0.6 is 0 Å². The first-order chi connectivity index (χ1) is 7.84. The summed E-state index contributed by atoms with van der Waals surface area (Å²) < 4.78 is 0. The number of H-pyrrole nitrogens is 1. The number of rotatable bonds is 1. The lowest BCUT2D eigenvalue weighted by atomic mass is 10.0. The van der Waals surface area contributed by atoms with Gasteiger partial charge in [-0.05, 0) is 30.2 Å². The maximum atomic E-state index is 4.47. The average Bonchev–Trinajstić information content (AvgIpc) is 2.77. The fraction of sp³-hybridized carbons (Fsp3) is 0.0714. The van der Waals surface area contributed by atoms with Gasteiger partial charge in [-0.25, -0.2) is 4.98 Å². The summed E-state index contributed by atoms with van der Waals surface area (Å²) in [6.45, 7) is 2.02. The second-order valence-electron chi connectivity index (χ2n) is 3.92. The van der Waals surface area contributed by atoms with Gasteiger partial charge in [-0.2, -0.15) is 0 Å². The van der Waals surface area contributed by atoms with E-state index in [1.165, 1.54) is 16.5 Å². The van der Waals surface area contributed by atoms with Crippen LogP contribution in [-0.2, 0) is 0 Å². The van der Waals surface area contributed by atoms with Gasteiger partial charge in [0.25, 0.3) is 0 Å². The zero-order chi connectivity index (χ0) is 11.0. The fourth-order valence-electron chi connectivity index (χ4n) is 2.02. The van der Waals surface area contributed by atoms with Crippen LogP contribution in [0.5, 0.6) is 0 Å². The molecule has 2 heterocycles. The average molecular weight is 208 g/mol. The van der Waals surface area contributed by atoms with Crippen LogP contribution in [0.1, 0.15) is 5.69 Å². The molecule has 78 valence electrons. The van der Waals surface area contributed by atoms with Crippen LogP contribution in [0.2, 0.25) is 0 Å². The number of hydrogen-bond acceptors (Lipinski definition) is 1. The minimum Gasteiger partial charge on any atom is -0.346 e. The Hall–Kier alpha value is -2.09. The van der Waals surface area contributed by atoms with E-state index >= 15 is 0 Å². The van der Waals surface area contributed by atoms with E-state index in [1.54, 1.807) is 0 Å². The molecule has 0 saturated heterocycles. The Bertz CT molecular complexity index is 624. The van der Waals surface area contributed by atoms with Crippen molar-refractivity contribution in [1.29, 1.82) is 0 Å². The van der Waals surface area contributed by atoms with E-state index in [2.05, 4.69) is 46.4 Å². The number of aromatic amines is 1. The summed E-state index contributed by atoms with van der Waals surface area (Å²) in [7, 11) is 0. The van der Waals surface area contributed by atoms with E-state index in [1.807, 2.05) is 19.2 Å². The van der Waals surface area contributed by atoms with Gasteiger partial charge in [0, 0.05) is 17.3 Å². The normalized spacial score (nSPS) is 10.8. The van der Waals surface area contributed by atoms with Gasteiger partial charge in [0.1, 0.15) is 5.65 Å². The molecule has 3 rings (SSSR count). The van der Waals surface area contributed by atoms with Crippen LogP contribution in [0.3, 0.4) is 0 Å². The Kier molecular flexibility index (Phi) is 2.00. The van der Waals surface area contributed by atoms with E-state index in [0.717, 1.165) is 11.3 Å². The maximum absolute atomic E-state index is 4.47. The van der Waals surface area contributed by atoms with Crippen LogP contribution in [0.15, 0.2) is 48.7 Å². The number of nitrogens with one attached hydrogen (secondary N) is 1. The van der Waals surface area contributed by atoms with Gasteiger partial charge >= 0.3 is 0 Å². The van der Waals surface area contributed by atoms with Crippen molar-refractivity contribution in [3.63, 3.8) is 0 Å². The number of hydrogen-bond donors (Lipinski definition) is 1. The van der Waals surface area contributed by atoms with E-state index in [0.29, 0.717) is 0 Å². The largest absolute Gasteiger partial charge is 0.346 e. The smallest absolute Gasteiger partial charge is 0.138 e. The molecule has 16 heavy (non-hydrogen) atoms. The van der Waals surface area contributed by atoms with Crippen LogP contribution < -0.4 is 0 Å². The SMILES string of the molecule is Cc1cc(-c2ccccc2)c2cc[nH]c2n1. The summed E-state index contributed by atoms with van der Waals surface area (Å²) in [4.78, 5) is 7.63. The molecule has 0 aliphatic carbocycles. The third-order valence-corrected chi connectivity index (χ3v) is 2.74. The van der Waals surface area contributed by atoms with Gasteiger partial charge in [0.05, 0.1) is 0 Å². The molecule has 0 unspecified atom stereocenters. The molecule has 0 amide bonds. The van der Waals surface area contributed by atoms with Crippen molar-refractivity contribution >= 4 is 11.0 Å². The third kappa shape index (κ3) is 1.39. The first-order valence-electron chi connectivity index (χ1n) is 5.35. The molecule has 1 aromatic carbocycles. The molecule has 0 aliphatic rings. The Morgan fingerprint density at radius 1 is 1.06 bits per heavy atom. The van der Waals surface area contributed by atoms with Gasteiger partial charge in [-0.1, -0.05) is 30.3 Å². The Morgan fingerprint density at radius 2 is 1.88 bits per heavy atom. The van der Waals surface area contributed by atoms with E-state index in [4.69, 9.17) is 0 Å². The Labute approximate surface area is 94.0 Å². The number of benzene rings is 1. The third-order valence-electron chi connectivity index (χ3n) is 2.74. The van der Waals surface area contributed by atoms with Gasteiger partial charge < -0.3 is 4.98 Å². The maximum Gasteiger partial charge on any atom is 0.138 e. The zero-order valence-corrected chi connectivity index (χ0v) is 9.07. The minimum atomic E-state index is 0.957. The molecule has 0 spiro atoms. The van der Waals surface area contributed by atoms with E-state index in [9.17, 15) is 0 Å². The number of pyridine rings is 1. The number of aromatic nitrogens is 2. The van der Waals surface area contributed by atoms with E-state index < -0.39 is 0 Å². The molecule has 0 atom stereocenters. The van der Waals surface area contributed by atoms with Gasteiger partial charge in [0.15, 0.2) is 0 Å². The molecular formula is C14H12N2. The summed E-state index contributed by atoms with van der Waals surface area (Å²) >= 11 is 0. The topological polar surface area (TPSA) is 28.7 Å². The van der Waals surface area contributed by atoms with Gasteiger partial charge in [-0.3, -0.25) is 0 Å². The van der Waals surface area contributed by atoms with Crippen LogP contribution in [0.4, 0.5) is 0 Å². The summed E-state index contributed by atoms with van der Waals surface area (Å²) in [5.74, 6) is 0. The fourth-order valence-corrected chi connectivity index (χ4v) is 2.02. The number of fused-ring (bicyclic) bond motifs is 1. The first-order valence-corrected chi connectivity index (χ1v) is 5.35. The predicted molar refractivity (Wildman–Crippen MR) is 66.3 cm³/mol. The highest BCUT2D eigenvalue weighted by molar-refractivity contribution is 5.93. The van der Waals surface area contributed by atoms with E-state index in [-0.39, 0.29) is 0 Å². The number of nitrogens with zero attached hydrogens (tertiary/aromatic N) is 1. The molecule has 0 radical (unpaired) electrons. The highest BCUT2D eigenvalue weighted by Crippen LogP contribution is 2.27. The van der Waals surface area contributed by atoms with Crippen LogP contribution in [0.25, 0.3) is 22.2 Å². The molecule has 0 bridgehead atoms. The molecule has 2 nitrogen and oxygen atoms in total. The van der Waals surface area contributed by atoms with Crippen molar-refractivity contribution in [2.45, 2.75) is 6.92 Å². The van der Waals surface area contributed by atoms with Gasteiger partial charge in [-0.15, -0.1) is 0 Å². The van der Waals surface area contributed by atoms with Gasteiger partial charge in [0.2, 0.25) is 0 Å². The van der Waals surface area contributed by atoms with Crippen molar-refractivity contribution in [1.82, 2.24) is 9.97 Å². The summed E-state index contributed by atoms with van der Waals surface area (Å²) in [6, 6.07) is 14.6. The lowest BCUT2D eigenvalue weighted by molar-refractivity contribution is 1.22. The molecule has 0 aliphatic heterocycles. The standard InChI is InChI=1S/C14H12N2/c1-10-9-13(11-5-3-2-4-6-11)12-7-8-15-14(12)16-10/h2-9H,1H3,(H,15,16). The molecule has 3 aromatic rings. The summed E-state index contributed by atoms with van der Waals surface area (Å²) in [6.07, 6.45) is 1.93. The van der Waals surface area contributed by atoms with Crippen molar-refractivity contribution in [3.05, 3.63) is 54.4 Å². The Balaban J connectivity index is 2.34. The summed E-state index contributed by atoms with van der Waals surface area (Å²) in [5, 5.41) is 1.18.